The summed E-state index contributed by atoms with van der Waals surface area (Å²) in [7, 11) is 4.20. The van der Waals surface area contributed by atoms with E-state index in [2.05, 4.69) is 104 Å². The molecule has 0 unspecified atom stereocenters. The SMILES string of the molecule is C[N+](C)=C1C=CC2=C(C=C3C=C(c4ccccc4)OC(c4ccccc4)=C3)CCCC2=C1. The van der Waals surface area contributed by atoms with Crippen molar-refractivity contribution in [1.29, 1.82) is 0 Å². The minimum atomic E-state index is 0.887. The quantitative estimate of drug-likeness (QED) is 0.504. The minimum absolute atomic E-state index is 0.887. The van der Waals surface area contributed by atoms with Gasteiger partial charge in [0.05, 0.1) is 0 Å². The molecule has 32 heavy (non-hydrogen) atoms. The first-order chi connectivity index (χ1) is 15.7. The third kappa shape index (κ3) is 4.22. The summed E-state index contributed by atoms with van der Waals surface area (Å²) in [6, 6.07) is 20.7. The molecule has 0 N–H and O–H groups in total. The molecule has 2 aromatic carbocycles. The van der Waals surface area contributed by atoms with Crippen molar-refractivity contribution < 1.29 is 9.31 Å². The Morgan fingerprint density at radius 1 is 0.750 bits per heavy atom. The number of allylic oxidation sites excluding steroid dienone is 10. The predicted octanol–water partition coefficient (Wildman–Crippen LogP) is 6.72. The smallest absolute Gasteiger partial charge is 0.199 e. The second kappa shape index (κ2) is 8.84. The monoisotopic (exact) mass is 418 g/mol. The van der Waals surface area contributed by atoms with Crippen LogP contribution in [0.15, 0.2) is 119 Å². The third-order valence-electron chi connectivity index (χ3n) is 6.12. The van der Waals surface area contributed by atoms with Gasteiger partial charge >= 0.3 is 0 Å². The highest BCUT2D eigenvalue weighted by Crippen LogP contribution is 2.36. The summed E-state index contributed by atoms with van der Waals surface area (Å²) in [5, 5.41) is 0. The molecule has 2 nitrogen and oxygen atoms in total. The van der Waals surface area contributed by atoms with Gasteiger partial charge in [-0.25, -0.2) is 4.58 Å². The van der Waals surface area contributed by atoms with E-state index in [0.717, 1.165) is 35.5 Å². The summed E-state index contributed by atoms with van der Waals surface area (Å²) in [5.74, 6) is 1.77. The molecule has 0 saturated heterocycles. The lowest BCUT2D eigenvalue weighted by molar-refractivity contribution is -0.462. The van der Waals surface area contributed by atoms with E-state index < -0.39 is 0 Å². The van der Waals surface area contributed by atoms with Gasteiger partial charge in [-0.15, -0.1) is 0 Å². The summed E-state index contributed by atoms with van der Waals surface area (Å²) >= 11 is 0. The van der Waals surface area contributed by atoms with Crippen LogP contribution in [-0.2, 0) is 4.74 Å². The van der Waals surface area contributed by atoms with Crippen LogP contribution in [0.3, 0.4) is 0 Å². The van der Waals surface area contributed by atoms with Crippen LogP contribution >= 0.6 is 0 Å². The lowest BCUT2D eigenvalue weighted by Gasteiger charge is -2.23. The van der Waals surface area contributed by atoms with Crippen molar-refractivity contribution in [2.45, 2.75) is 19.3 Å². The van der Waals surface area contributed by atoms with Crippen LogP contribution in [0, 0.1) is 0 Å². The van der Waals surface area contributed by atoms with Crippen LogP contribution < -0.4 is 0 Å². The Labute approximate surface area is 190 Å². The Bertz CT molecular complexity index is 1190. The van der Waals surface area contributed by atoms with Gasteiger partial charge in [0.15, 0.2) is 5.71 Å². The van der Waals surface area contributed by atoms with Crippen molar-refractivity contribution in [3.8, 4) is 0 Å². The fraction of sp³-hybridized carbons (Fsp3) is 0.167. The normalized spacial score (nSPS) is 17.8. The second-order valence-electron chi connectivity index (χ2n) is 8.61. The number of fused-ring (bicyclic) bond motifs is 1. The first-order valence-corrected chi connectivity index (χ1v) is 11.3. The lowest BCUT2D eigenvalue weighted by atomic mass is 9.83. The van der Waals surface area contributed by atoms with Gasteiger partial charge in [-0.2, -0.15) is 0 Å². The fourth-order valence-electron chi connectivity index (χ4n) is 4.43. The van der Waals surface area contributed by atoms with E-state index in [0.29, 0.717) is 0 Å². The molecule has 0 saturated carbocycles. The molecule has 0 spiro atoms. The van der Waals surface area contributed by atoms with Gasteiger partial charge in [0, 0.05) is 23.3 Å². The van der Waals surface area contributed by atoms with Gasteiger partial charge in [0.1, 0.15) is 25.6 Å². The lowest BCUT2D eigenvalue weighted by Crippen LogP contribution is -2.14. The van der Waals surface area contributed by atoms with E-state index in [1.807, 2.05) is 12.1 Å². The van der Waals surface area contributed by atoms with Crippen molar-refractivity contribution in [1.82, 2.24) is 0 Å². The third-order valence-corrected chi connectivity index (χ3v) is 6.12. The van der Waals surface area contributed by atoms with Gasteiger partial charge in [0.25, 0.3) is 0 Å². The van der Waals surface area contributed by atoms with Gasteiger partial charge < -0.3 is 4.74 Å². The molecule has 0 aromatic heterocycles. The van der Waals surface area contributed by atoms with E-state index in [1.54, 1.807) is 0 Å². The van der Waals surface area contributed by atoms with Gasteiger partial charge in [-0.1, -0.05) is 66.7 Å². The van der Waals surface area contributed by atoms with Crippen molar-refractivity contribution in [3.63, 3.8) is 0 Å². The molecule has 158 valence electrons. The van der Waals surface area contributed by atoms with Crippen LogP contribution in [0.4, 0.5) is 0 Å². The Morgan fingerprint density at radius 2 is 1.38 bits per heavy atom. The van der Waals surface area contributed by atoms with Crippen LogP contribution in [-0.4, -0.2) is 24.4 Å². The van der Waals surface area contributed by atoms with E-state index in [-0.39, 0.29) is 0 Å². The molecule has 0 fully saturated rings. The highest BCUT2D eigenvalue weighted by Gasteiger charge is 2.21. The van der Waals surface area contributed by atoms with Gasteiger partial charge in [0.2, 0.25) is 0 Å². The topological polar surface area (TPSA) is 12.2 Å². The number of hydrogen-bond acceptors (Lipinski definition) is 1. The standard InChI is InChI=1S/C30H28NO/c1-31(2)27-16-17-28-25(14-9-15-26(28)21-27)18-22-19-29(23-10-5-3-6-11-23)32-30(20-22)24-12-7-4-8-13-24/h3-8,10-13,16-21H,9,14-15H2,1-2H3/q+1. The van der Waals surface area contributed by atoms with E-state index in [9.17, 15) is 0 Å². The number of rotatable bonds is 3. The number of ether oxygens (including phenoxy) is 1. The molecule has 1 heterocycles. The molecule has 0 amide bonds. The molecule has 2 aromatic rings. The first kappa shape index (κ1) is 20.3. The highest BCUT2D eigenvalue weighted by molar-refractivity contribution is 6.03. The molecule has 0 atom stereocenters. The zero-order valence-electron chi connectivity index (χ0n) is 18.7. The maximum absolute atomic E-state index is 6.36. The van der Waals surface area contributed by atoms with Crippen molar-refractivity contribution in [2.24, 2.45) is 0 Å². The molecule has 1 aliphatic heterocycles. The van der Waals surface area contributed by atoms with Crippen LogP contribution in [0.1, 0.15) is 30.4 Å². The van der Waals surface area contributed by atoms with Crippen LogP contribution in [0.25, 0.3) is 11.5 Å². The first-order valence-electron chi connectivity index (χ1n) is 11.3. The zero-order chi connectivity index (χ0) is 21.9. The summed E-state index contributed by atoms with van der Waals surface area (Å²) in [6.07, 6.45) is 17.0. The number of nitrogens with zero attached hydrogens (tertiary/aromatic N) is 1. The van der Waals surface area contributed by atoms with E-state index in [1.165, 1.54) is 34.4 Å². The molecule has 2 heteroatoms. The predicted molar refractivity (Wildman–Crippen MR) is 133 cm³/mol. The molecule has 0 radical (unpaired) electrons. The molecule has 2 aliphatic carbocycles. The van der Waals surface area contributed by atoms with Gasteiger partial charge in [-0.05, 0) is 59.8 Å². The minimum Gasteiger partial charge on any atom is -0.456 e. The average Bonchev–Trinajstić information content (AvgIpc) is 2.85. The summed E-state index contributed by atoms with van der Waals surface area (Å²) in [5.41, 5.74) is 8.84. The molecular weight excluding hydrogens is 390 g/mol. The fourth-order valence-corrected chi connectivity index (χ4v) is 4.43. The highest BCUT2D eigenvalue weighted by atomic mass is 16.5. The second-order valence-corrected chi connectivity index (χ2v) is 8.61. The van der Waals surface area contributed by atoms with Crippen LogP contribution in [0.2, 0.25) is 0 Å². The molecule has 3 aliphatic rings. The average molecular weight is 419 g/mol. The Kier molecular flexibility index (Phi) is 5.60. The van der Waals surface area contributed by atoms with E-state index in [4.69, 9.17) is 4.74 Å². The van der Waals surface area contributed by atoms with Crippen LogP contribution in [0.5, 0.6) is 0 Å². The number of benzene rings is 2. The summed E-state index contributed by atoms with van der Waals surface area (Å²) < 4.78 is 8.53. The molecule has 5 rings (SSSR count). The van der Waals surface area contributed by atoms with Crippen molar-refractivity contribution >= 4 is 17.2 Å². The maximum Gasteiger partial charge on any atom is 0.199 e. The molecule has 0 bridgehead atoms. The van der Waals surface area contributed by atoms with Gasteiger partial charge in [-0.3, -0.25) is 0 Å². The van der Waals surface area contributed by atoms with Crippen molar-refractivity contribution in [3.05, 3.63) is 131 Å². The maximum atomic E-state index is 6.36. The van der Waals surface area contributed by atoms with Crippen molar-refractivity contribution in [2.75, 3.05) is 14.1 Å². The summed E-state index contributed by atoms with van der Waals surface area (Å²) in [6.45, 7) is 0. The Balaban J connectivity index is 1.59. The van der Waals surface area contributed by atoms with E-state index >= 15 is 0 Å². The summed E-state index contributed by atoms with van der Waals surface area (Å²) in [4.78, 5) is 0. The zero-order valence-corrected chi connectivity index (χ0v) is 18.7. The Morgan fingerprint density at radius 3 is 1.97 bits per heavy atom. The largest absolute Gasteiger partial charge is 0.456 e. The molecular formula is C30H28NO+. The Hall–Kier alpha value is -3.65. The number of hydrogen-bond donors (Lipinski definition) is 0.